The molecule has 18 heavy (non-hydrogen) atoms. The fraction of sp³-hybridized carbons (Fsp3) is 0.600. The zero-order valence-electron chi connectivity index (χ0n) is 12.2. The molecule has 3 heteroatoms. The second kappa shape index (κ2) is 6.64. The first kappa shape index (κ1) is 14.8. The quantitative estimate of drug-likeness (QED) is 0.760. The summed E-state index contributed by atoms with van der Waals surface area (Å²) in [7, 11) is 0. The second-order valence-corrected chi connectivity index (χ2v) is 5.79. The summed E-state index contributed by atoms with van der Waals surface area (Å²) >= 11 is 0. The van der Waals surface area contributed by atoms with E-state index in [0.29, 0.717) is 0 Å². The molecule has 1 rings (SSSR count). The molecule has 0 aromatic heterocycles. The molecular weight excluding hydrogens is 224 g/mol. The molecular formula is C15H26N2O. The minimum atomic E-state index is 0.177. The molecule has 0 fully saturated rings. The van der Waals surface area contributed by atoms with E-state index in [0.717, 1.165) is 24.5 Å². The van der Waals surface area contributed by atoms with E-state index in [9.17, 15) is 0 Å². The maximum atomic E-state index is 5.60. The van der Waals surface area contributed by atoms with Crippen LogP contribution in [0, 0.1) is 0 Å². The van der Waals surface area contributed by atoms with Crippen LogP contribution in [0.1, 0.15) is 34.6 Å². The molecule has 0 aliphatic carbocycles. The highest BCUT2D eigenvalue weighted by Gasteiger charge is 2.06. The Labute approximate surface area is 111 Å². The molecule has 102 valence electrons. The van der Waals surface area contributed by atoms with Crippen LogP contribution in [0.4, 0.5) is 5.69 Å². The van der Waals surface area contributed by atoms with Crippen LogP contribution in [0.15, 0.2) is 24.3 Å². The minimum Gasteiger partial charge on any atom is -0.491 e. The van der Waals surface area contributed by atoms with Gasteiger partial charge in [0, 0.05) is 24.3 Å². The van der Waals surface area contributed by atoms with Crippen molar-refractivity contribution in [1.29, 1.82) is 0 Å². The highest BCUT2D eigenvalue weighted by atomic mass is 16.5. The molecule has 0 bridgehead atoms. The van der Waals surface area contributed by atoms with Gasteiger partial charge in [0.2, 0.25) is 0 Å². The summed E-state index contributed by atoms with van der Waals surface area (Å²) in [4.78, 5) is 0. The summed E-state index contributed by atoms with van der Waals surface area (Å²) in [6, 6.07) is 8.10. The van der Waals surface area contributed by atoms with Crippen LogP contribution in [-0.2, 0) is 0 Å². The highest BCUT2D eigenvalue weighted by Crippen LogP contribution is 2.16. The third kappa shape index (κ3) is 6.50. The molecule has 1 aromatic rings. The third-order valence-electron chi connectivity index (χ3n) is 2.34. The lowest BCUT2D eigenvalue weighted by molar-refractivity contribution is 0.242. The largest absolute Gasteiger partial charge is 0.491 e. The van der Waals surface area contributed by atoms with Crippen molar-refractivity contribution in [2.45, 2.75) is 46.3 Å². The maximum Gasteiger partial charge on any atom is 0.119 e. The van der Waals surface area contributed by atoms with Gasteiger partial charge in [-0.2, -0.15) is 0 Å². The monoisotopic (exact) mass is 250 g/mol. The van der Waals surface area contributed by atoms with E-state index in [-0.39, 0.29) is 11.6 Å². The molecule has 0 unspecified atom stereocenters. The average molecular weight is 250 g/mol. The van der Waals surface area contributed by atoms with Gasteiger partial charge in [-0.1, -0.05) is 0 Å². The third-order valence-corrected chi connectivity index (χ3v) is 2.34. The van der Waals surface area contributed by atoms with Gasteiger partial charge < -0.3 is 15.4 Å². The van der Waals surface area contributed by atoms with Crippen LogP contribution in [0.25, 0.3) is 0 Å². The van der Waals surface area contributed by atoms with Gasteiger partial charge in [-0.05, 0) is 58.9 Å². The van der Waals surface area contributed by atoms with Crippen molar-refractivity contribution in [3.05, 3.63) is 24.3 Å². The first-order valence-electron chi connectivity index (χ1n) is 6.62. The Hall–Kier alpha value is -1.22. The maximum absolute atomic E-state index is 5.60. The second-order valence-electron chi connectivity index (χ2n) is 5.79. The smallest absolute Gasteiger partial charge is 0.119 e. The standard InChI is InChI=1S/C15H26N2O/c1-12(2)18-14-8-6-13(7-9-14)16-10-11-17-15(3,4)5/h6-9,12,16-17H,10-11H2,1-5H3. The van der Waals surface area contributed by atoms with E-state index in [1.54, 1.807) is 0 Å². The van der Waals surface area contributed by atoms with Crippen molar-refractivity contribution in [3.63, 3.8) is 0 Å². The number of rotatable bonds is 6. The van der Waals surface area contributed by atoms with E-state index in [4.69, 9.17) is 4.74 Å². The SMILES string of the molecule is CC(C)Oc1ccc(NCCNC(C)(C)C)cc1. The van der Waals surface area contributed by atoms with Gasteiger partial charge >= 0.3 is 0 Å². The number of ether oxygens (including phenoxy) is 1. The van der Waals surface area contributed by atoms with Crippen LogP contribution < -0.4 is 15.4 Å². The van der Waals surface area contributed by atoms with E-state index < -0.39 is 0 Å². The molecule has 3 nitrogen and oxygen atoms in total. The van der Waals surface area contributed by atoms with E-state index in [1.165, 1.54) is 0 Å². The Kier molecular flexibility index (Phi) is 5.48. The minimum absolute atomic E-state index is 0.177. The molecule has 0 atom stereocenters. The van der Waals surface area contributed by atoms with Crippen molar-refractivity contribution >= 4 is 5.69 Å². The van der Waals surface area contributed by atoms with E-state index >= 15 is 0 Å². The molecule has 0 amide bonds. The number of anilines is 1. The first-order chi connectivity index (χ1) is 8.37. The molecule has 1 aromatic carbocycles. The van der Waals surface area contributed by atoms with Crippen LogP contribution >= 0.6 is 0 Å². The summed E-state index contributed by atoms with van der Waals surface area (Å²) in [5, 5.41) is 6.82. The van der Waals surface area contributed by atoms with Crippen molar-refractivity contribution in [2.75, 3.05) is 18.4 Å². The van der Waals surface area contributed by atoms with Gasteiger partial charge in [0.25, 0.3) is 0 Å². The predicted molar refractivity (Wildman–Crippen MR) is 78.5 cm³/mol. The molecule has 0 saturated carbocycles. The fourth-order valence-electron chi connectivity index (χ4n) is 1.57. The van der Waals surface area contributed by atoms with Crippen LogP contribution in [0.3, 0.4) is 0 Å². The van der Waals surface area contributed by atoms with Crippen LogP contribution in [0.5, 0.6) is 5.75 Å². The Morgan fingerprint density at radius 3 is 2.17 bits per heavy atom. The summed E-state index contributed by atoms with van der Waals surface area (Å²) in [5.74, 6) is 0.920. The Balaban J connectivity index is 2.31. The molecule has 0 spiro atoms. The van der Waals surface area contributed by atoms with Crippen molar-refractivity contribution in [1.82, 2.24) is 5.32 Å². The highest BCUT2D eigenvalue weighted by molar-refractivity contribution is 5.46. The van der Waals surface area contributed by atoms with Gasteiger partial charge in [0.15, 0.2) is 0 Å². The lowest BCUT2D eigenvalue weighted by Gasteiger charge is -2.20. The Morgan fingerprint density at radius 1 is 1.06 bits per heavy atom. The number of nitrogens with one attached hydrogen (secondary N) is 2. The predicted octanol–water partition coefficient (Wildman–Crippen LogP) is 3.27. The lowest BCUT2D eigenvalue weighted by atomic mass is 10.1. The van der Waals surface area contributed by atoms with Crippen molar-refractivity contribution in [2.24, 2.45) is 0 Å². The van der Waals surface area contributed by atoms with Crippen molar-refractivity contribution < 1.29 is 4.74 Å². The Morgan fingerprint density at radius 2 is 1.67 bits per heavy atom. The van der Waals surface area contributed by atoms with Crippen molar-refractivity contribution in [3.8, 4) is 5.75 Å². The zero-order chi connectivity index (χ0) is 13.6. The topological polar surface area (TPSA) is 33.3 Å². The molecule has 0 radical (unpaired) electrons. The fourth-order valence-corrected chi connectivity index (χ4v) is 1.57. The van der Waals surface area contributed by atoms with Gasteiger partial charge in [0.1, 0.15) is 5.75 Å². The molecule has 0 heterocycles. The summed E-state index contributed by atoms with van der Waals surface area (Å²) < 4.78 is 5.60. The van der Waals surface area contributed by atoms with Crippen LogP contribution in [-0.4, -0.2) is 24.7 Å². The van der Waals surface area contributed by atoms with E-state index in [1.807, 2.05) is 26.0 Å². The Bertz CT molecular complexity index is 339. The molecule has 0 saturated heterocycles. The summed E-state index contributed by atoms with van der Waals surface area (Å²) in [6.45, 7) is 12.4. The average Bonchev–Trinajstić information content (AvgIpc) is 2.24. The van der Waals surface area contributed by atoms with E-state index in [2.05, 4.69) is 43.5 Å². The zero-order valence-corrected chi connectivity index (χ0v) is 12.2. The molecule has 2 N–H and O–H groups in total. The number of hydrogen-bond donors (Lipinski definition) is 2. The van der Waals surface area contributed by atoms with Gasteiger partial charge in [-0.25, -0.2) is 0 Å². The van der Waals surface area contributed by atoms with Crippen LogP contribution in [0.2, 0.25) is 0 Å². The first-order valence-corrected chi connectivity index (χ1v) is 6.62. The lowest BCUT2D eigenvalue weighted by Crippen LogP contribution is -2.38. The summed E-state index contributed by atoms with van der Waals surface area (Å²) in [5.41, 5.74) is 1.30. The summed E-state index contributed by atoms with van der Waals surface area (Å²) in [6.07, 6.45) is 0.222. The number of benzene rings is 1. The van der Waals surface area contributed by atoms with Gasteiger partial charge in [0.05, 0.1) is 6.10 Å². The molecule has 0 aliphatic rings. The molecule has 0 aliphatic heterocycles. The number of hydrogen-bond acceptors (Lipinski definition) is 3. The van der Waals surface area contributed by atoms with Gasteiger partial charge in [-0.3, -0.25) is 0 Å². The normalized spacial score (nSPS) is 11.7. The van der Waals surface area contributed by atoms with Gasteiger partial charge in [-0.15, -0.1) is 0 Å².